The lowest BCUT2D eigenvalue weighted by atomic mass is 9.78. The van der Waals surface area contributed by atoms with Crippen LogP contribution in [-0.4, -0.2) is 9.13 Å². The van der Waals surface area contributed by atoms with Gasteiger partial charge in [-0.2, -0.15) is 0 Å². The third-order valence-corrected chi connectivity index (χ3v) is 19.5. The van der Waals surface area contributed by atoms with Gasteiger partial charge in [0, 0.05) is 43.7 Å². The van der Waals surface area contributed by atoms with Crippen LogP contribution >= 0.6 is 0 Å². The first-order chi connectivity index (χ1) is 40.7. The summed E-state index contributed by atoms with van der Waals surface area (Å²) in [6.07, 6.45) is 1.04. The first-order valence-corrected chi connectivity index (χ1v) is 29.5. The summed E-state index contributed by atoms with van der Waals surface area (Å²) in [4.78, 5) is 0. The summed E-state index contributed by atoms with van der Waals surface area (Å²) in [6, 6.07) is 101. The van der Waals surface area contributed by atoms with E-state index < -0.39 is 0 Å². The van der Waals surface area contributed by atoms with Gasteiger partial charge in [-0.1, -0.05) is 222 Å². The molecule has 0 N–H and O–H groups in total. The topological polar surface area (TPSA) is 9.86 Å². The lowest BCUT2D eigenvalue weighted by molar-refractivity contribution is 0.564. The zero-order valence-corrected chi connectivity index (χ0v) is 47.0. The molecule has 2 heteroatoms. The second-order valence-corrected chi connectivity index (χ2v) is 24.0. The van der Waals surface area contributed by atoms with E-state index in [0.29, 0.717) is 0 Å². The fourth-order valence-electron chi connectivity index (χ4n) is 15.2. The van der Waals surface area contributed by atoms with E-state index in [0.717, 1.165) is 6.42 Å². The molecule has 392 valence electrons. The molecule has 1 unspecified atom stereocenters. The number of aromatic nitrogens is 2. The standard InChI is InChI=1S/C81H58N2/c1-5-81(4)71-29-17-13-25-59(71)61-41-37-57(49-73(61)81)83-75-31-19-15-27-63(75)67-45-55(35-43-77(67)83)53-33-39-65-69(47-53)79(51-22-10-7-11-23-51)64-38-32-52(46-68(64)78(65)50-20-8-6-9-21-50)54-34-42-76-66(44-54)62-26-14-18-30-74(62)82(76)56-36-40-60-58-24-12-16-28-70(58)80(2,3)72(60)48-56/h6-49H,5H2,1-4H3. The molecule has 0 spiro atoms. The molecule has 83 heavy (non-hydrogen) atoms. The SMILES string of the molecule is CCC1(C)c2ccccc2-c2ccc(-n3c4ccccc4c4cc(-c5ccc6c(-c7ccccc7)c7cc(-c8ccc9c(c8)c8ccccc8n9-c8ccc9c(c8)C(C)(C)c8ccccc8-9)ccc7c(-c7ccccc7)c6c5)ccc43)cc21. The number of fused-ring (bicyclic) bond motifs is 14. The van der Waals surface area contributed by atoms with E-state index in [-0.39, 0.29) is 10.8 Å². The molecule has 2 aromatic heterocycles. The number of benzene rings is 13. The van der Waals surface area contributed by atoms with Crippen molar-refractivity contribution in [3.8, 4) is 78.1 Å². The fourth-order valence-corrected chi connectivity index (χ4v) is 15.2. The van der Waals surface area contributed by atoms with Crippen molar-refractivity contribution >= 4 is 65.2 Å². The lowest BCUT2D eigenvalue weighted by Gasteiger charge is -2.26. The first kappa shape index (κ1) is 47.8. The molecule has 0 bridgehead atoms. The number of hydrogen-bond acceptors (Lipinski definition) is 0. The van der Waals surface area contributed by atoms with Crippen LogP contribution in [-0.2, 0) is 10.8 Å². The monoisotopic (exact) mass is 1060 g/mol. The lowest BCUT2D eigenvalue weighted by Crippen LogP contribution is -2.19. The van der Waals surface area contributed by atoms with Gasteiger partial charge >= 0.3 is 0 Å². The van der Waals surface area contributed by atoms with Crippen molar-refractivity contribution in [2.45, 2.75) is 44.9 Å². The minimum Gasteiger partial charge on any atom is -0.309 e. The highest BCUT2D eigenvalue weighted by atomic mass is 15.0. The second-order valence-electron chi connectivity index (χ2n) is 24.0. The van der Waals surface area contributed by atoms with Crippen molar-refractivity contribution < 1.29 is 0 Å². The summed E-state index contributed by atoms with van der Waals surface area (Å²) in [7, 11) is 0. The summed E-state index contributed by atoms with van der Waals surface area (Å²) >= 11 is 0. The van der Waals surface area contributed by atoms with Gasteiger partial charge in [0.1, 0.15) is 0 Å². The maximum atomic E-state index is 2.49. The van der Waals surface area contributed by atoms with Gasteiger partial charge in [-0.05, 0) is 190 Å². The van der Waals surface area contributed by atoms with Crippen LogP contribution in [0.4, 0.5) is 0 Å². The molecule has 0 amide bonds. The Kier molecular flexibility index (Phi) is 10.2. The van der Waals surface area contributed by atoms with Crippen LogP contribution in [0.2, 0.25) is 0 Å². The van der Waals surface area contributed by atoms with Gasteiger partial charge in [-0.25, -0.2) is 0 Å². The minimum atomic E-state index is -0.0915. The number of hydrogen-bond donors (Lipinski definition) is 0. The summed E-state index contributed by atoms with van der Waals surface area (Å²) in [5.74, 6) is 0. The molecule has 0 aliphatic heterocycles. The smallest absolute Gasteiger partial charge is 0.0541 e. The van der Waals surface area contributed by atoms with E-state index in [1.807, 2.05) is 0 Å². The van der Waals surface area contributed by atoms with Crippen molar-refractivity contribution in [3.05, 3.63) is 289 Å². The molecule has 2 heterocycles. The highest BCUT2D eigenvalue weighted by Gasteiger charge is 2.39. The van der Waals surface area contributed by atoms with Crippen molar-refractivity contribution in [1.82, 2.24) is 9.13 Å². The maximum absolute atomic E-state index is 2.49. The molecule has 1 atom stereocenters. The molecular formula is C81H58N2. The van der Waals surface area contributed by atoms with E-state index in [4.69, 9.17) is 0 Å². The van der Waals surface area contributed by atoms with Gasteiger partial charge in [0.2, 0.25) is 0 Å². The average molecular weight is 1060 g/mol. The summed E-state index contributed by atoms with van der Waals surface area (Å²) in [5, 5.41) is 9.95. The van der Waals surface area contributed by atoms with Crippen LogP contribution in [0, 0.1) is 0 Å². The molecule has 13 aromatic carbocycles. The maximum Gasteiger partial charge on any atom is 0.0541 e. The molecule has 0 saturated carbocycles. The summed E-state index contributed by atoms with van der Waals surface area (Å²) in [5.41, 5.74) is 27.8. The molecule has 15 aromatic rings. The molecule has 17 rings (SSSR count). The molecule has 2 aliphatic rings. The van der Waals surface area contributed by atoms with Gasteiger partial charge in [-0.15, -0.1) is 0 Å². The van der Waals surface area contributed by atoms with E-state index in [2.05, 4.69) is 304 Å². The number of rotatable bonds is 7. The van der Waals surface area contributed by atoms with Crippen LogP contribution in [0.5, 0.6) is 0 Å². The van der Waals surface area contributed by atoms with Crippen molar-refractivity contribution in [1.29, 1.82) is 0 Å². The Labute approximate surface area is 483 Å². The molecule has 0 fully saturated rings. The van der Waals surface area contributed by atoms with Gasteiger partial charge in [-0.3, -0.25) is 0 Å². The first-order valence-electron chi connectivity index (χ1n) is 29.5. The Morgan fingerprint density at radius 1 is 0.265 bits per heavy atom. The van der Waals surface area contributed by atoms with Gasteiger partial charge < -0.3 is 9.13 Å². The molecule has 2 nitrogen and oxygen atoms in total. The zero-order chi connectivity index (χ0) is 55.3. The molecular weight excluding hydrogens is 1000 g/mol. The van der Waals surface area contributed by atoms with E-state index in [1.54, 1.807) is 0 Å². The number of nitrogens with zero attached hydrogens (tertiary/aromatic N) is 2. The fraction of sp³-hybridized carbons (Fsp3) is 0.0864. The second kappa shape index (κ2) is 17.7. The Morgan fingerprint density at radius 3 is 1.17 bits per heavy atom. The van der Waals surface area contributed by atoms with Crippen molar-refractivity contribution in [2.75, 3.05) is 0 Å². The molecule has 2 aliphatic carbocycles. The highest BCUT2D eigenvalue weighted by Crippen LogP contribution is 2.53. The Hall–Kier alpha value is -10.0. The van der Waals surface area contributed by atoms with Crippen molar-refractivity contribution in [3.63, 3.8) is 0 Å². The largest absolute Gasteiger partial charge is 0.309 e. The van der Waals surface area contributed by atoms with E-state index >= 15 is 0 Å². The predicted octanol–water partition coefficient (Wildman–Crippen LogP) is 21.9. The quantitative estimate of drug-likeness (QED) is 0.141. The average Bonchev–Trinajstić information content (AvgIpc) is 2.29. The van der Waals surface area contributed by atoms with Crippen LogP contribution in [0.15, 0.2) is 267 Å². The van der Waals surface area contributed by atoms with Crippen LogP contribution in [0.25, 0.3) is 143 Å². The Morgan fingerprint density at radius 2 is 0.651 bits per heavy atom. The van der Waals surface area contributed by atoms with E-state index in [1.165, 1.54) is 166 Å². The molecule has 0 radical (unpaired) electrons. The predicted molar refractivity (Wildman–Crippen MR) is 352 cm³/mol. The summed E-state index contributed by atoms with van der Waals surface area (Å²) in [6.45, 7) is 9.49. The Balaban J connectivity index is 0.823. The van der Waals surface area contributed by atoms with Crippen LogP contribution < -0.4 is 0 Å². The Bertz CT molecular complexity index is 5220. The summed E-state index contributed by atoms with van der Waals surface area (Å²) < 4.78 is 4.96. The van der Waals surface area contributed by atoms with Crippen LogP contribution in [0.3, 0.4) is 0 Å². The number of para-hydroxylation sites is 2. The third kappa shape index (κ3) is 6.84. The van der Waals surface area contributed by atoms with Gasteiger partial charge in [0.25, 0.3) is 0 Å². The minimum absolute atomic E-state index is 0.0496. The molecule has 0 saturated heterocycles. The van der Waals surface area contributed by atoms with Crippen LogP contribution in [0.1, 0.15) is 56.4 Å². The van der Waals surface area contributed by atoms with Gasteiger partial charge in [0.05, 0.1) is 22.1 Å². The zero-order valence-electron chi connectivity index (χ0n) is 47.0. The normalized spacial score (nSPS) is 14.9. The van der Waals surface area contributed by atoms with Crippen molar-refractivity contribution in [2.24, 2.45) is 0 Å². The highest BCUT2D eigenvalue weighted by molar-refractivity contribution is 6.23. The third-order valence-electron chi connectivity index (χ3n) is 19.5. The van der Waals surface area contributed by atoms with Gasteiger partial charge in [0.15, 0.2) is 0 Å². The van der Waals surface area contributed by atoms with E-state index in [9.17, 15) is 0 Å².